The normalized spacial score (nSPS) is 12.0. The maximum Gasteiger partial charge on any atom is 0.338 e. The van der Waals surface area contributed by atoms with E-state index in [9.17, 15) is 14.9 Å². The third-order valence-corrected chi connectivity index (χ3v) is 4.53. The average Bonchev–Trinajstić information content (AvgIpc) is 3.24. The molecule has 0 aliphatic carbocycles. The van der Waals surface area contributed by atoms with Crippen molar-refractivity contribution in [1.29, 1.82) is 0 Å². The highest BCUT2D eigenvalue weighted by atomic mass is 16.9. The Labute approximate surface area is 179 Å². The Morgan fingerprint density at radius 2 is 1.94 bits per heavy atom. The van der Waals surface area contributed by atoms with Crippen LogP contribution in [0.25, 0.3) is 10.9 Å². The predicted molar refractivity (Wildman–Crippen MR) is 114 cm³/mol. The quantitative estimate of drug-likeness (QED) is 0.273. The SMILES string of the molecule is CC(C)NCC(COc1cccc2[nH]ccc12)OC(=O)c1ccc(CO[N+](=O)[O-])cc1. The van der Waals surface area contributed by atoms with Gasteiger partial charge in [0.15, 0.2) is 0 Å². The lowest BCUT2D eigenvalue weighted by molar-refractivity contribution is -0.763. The first-order valence-corrected chi connectivity index (χ1v) is 9.92. The number of aromatic amines is 1. The highest BCUT2D eigenvalue weighted by molar-refractivity contribution is 5.89. The molecule has 0 aliphatic rings. The van der Waals surface area contributed by atoms with Crippen LogP contribution in [0.15, 0.2) is 54.7 Å². The number of nitrogens with one attached hydrogen (secondary N) is 2. The van der Waals surface area contributed by atoms with Gasteiger partial charge < -0.3 is 24.6 Å². The number of esters is 1. The van der Waals surface area contributed by atoms with Crippen molar-refractivity contribution >= 4 is 16.9 Å². The molecule has 0 aliphatic heterocycles. The second-order valence-electron chi connectivity index (χ2n) is 7.29. The van der Waals surface area contributed by atoms with Crippen molar-refractivity contribution in [3.05, 3.63) is 76.0 Å². The first-order chi connectivity index (χ1) is 14.9. The summed E-state index contributed by atoms with van der Waals surface area (Å²) in [6, 6.07) is 14.2. The van der Waals surface area contributed by atoms with Gasteiger partial charge in [-0.2, -0.15) is 0 Å². The van der Waals surface area contributed by atoms with Gasteiger partial charge in [0, 0.05) is 29.7 Å². The van der Waals surface area contributed by atoms with Gasteiger partial charge in [0.2, 0.25) is 0 Å². The molecule has 31 heavy (non-hydrogen) atoms. The van der Waals surface area contributed by atoms with Crippen LogP contribution in [0.2, 0.25) is 0 Å². The molecule has 2 N–H and O–H groups in total. The Morgan fingerprint density at radius 3 is 2.65 bits per heavy atom. The number of H-pyrrole nitrogens is 1. The van der Waals surface area contributed by atoms with Crippen molar-refractivity contribution in [2.75, 3.05) is 13.2 Å². The summed E-state index contributed by atoms with van der Waals surface area (Å²) in [7, 11) is 0. The number of fused-ring (bicyclic) bond motifs is 1. The van der Waals surface area contributed by atoms with Gasteiger partial charge in [-0.3, -0.25) is 0 Å². The fourth-order valence-electron chi connectivity index (χ4n) is 2.95. The van der Waals surface area contributed by atoms with Crippen LogP contribution in [0.4, 0.5) is 0 Å². The zero-order chi connectivity index (χ0) is 22.2. The molecule has 1 unspecified atom stereocenters. The molecule has 1 heterocycles. The van der Waals surface area contributed by atoms with Gasteiger partial charge in [-0.1, -0.05) is 32.0 Å². The number of benzene rings is 2. The summed E-state index contributed by atoms with van der Waals surface area (Å²) in [4.78, 5) is 30.4. The fraction of sp³-hybridized carbons (Fsp3) is 0.318. The number of aromatic nitrogens is 1. The van der Waals surface area contributed by atoms with Crippen molar-refractivity contribution in [3.63, 3.8) is 0 Å². The molecule has 0 fully saturated rings. The Balaban J connectivity index is 1.63. The highest BCUT2D eigenvalue weighted by Crippen LogP contribution is 2.24. The number of ether oxygens (including phenoxy) is 2. The smallest absolute Gasteiger partial charge is 0.338 e. The lowest BCUT2D eigenvalue weighted by Crippen LogP contribution is -2.38. The number of rotatable bonds is 11. The minimum absolute atomic E-state index is 0.179. The second-order valence-corrected chi connectivity index (χ2v) is 7.29. The van der Waals surface area contributed by atoms with Crippen LogP contribution in [0.3, 0.4) is 0 Å². The van der Waals surface area contributed by atoms with Crippen molar-refractivity contribution in [3.8, 4) is 5.75 Å². The van der Waals surface area contributed by atoms with Gasteiger partial charge in [-0.05, 0) is 35.9 Å². The largest absolute Gasteiger partial charge is 0.489 e. The third kappa shape index (κ3) is 6.45. The molecule has 3 rings (SSSR count). The molecule has 9 nitrogen and oxygen atoms in total. The van der Waals surface area contributed by atoms with Gasteiger partial charge in [0.1, 0.15) is 25.1 Å². The van der Waals surface area contributed by atoms with E-state index < -0.39 is 17.2 Å². The van der Waals surface area contributed by atoms with Crippen LogP contribution in [-0.2, 0) is 16.2 Å². The molecule has 164 valence electrons. The summed E-state index contributed by atoms with van der Waals surface area (Å²) in [6.45, 7) is 4.45. The van der Waals surface area contributed by atoms with E-state index in [1.807, 2.05) is 44.3 Å². The number of nitrogens with zero attached hydrogens (tertiary/aromatic N) is 1. The summed E-state index contributed by atoms with van der Waals surface area (Å²) in [5.41, 5.74) is 1.88. The molecule has 0 radical (unpaired) electrons. The summed E-state index contributed by atoms with van der Waals surface area (Å²) in [5.74, 6) is 0.209. The molecule has 1 atom stereocenters. The Hall–Kier alpha value is -3.59. The van der Waals surface area contributed by atoms with Crippen LogP contribution >= 0.6 is 0 Å². The van der Waals surface area contributed by atoms with E-state index in [0.717, 1.165) is 10.9 Å². The topological polar surface area (TPSA) is 116 Å². The van der Waals surface area contributed by atoms with Gasteiger partial charge in [0.05, 0.1) is 5.56 Å². The zero-order valence-corrected chi connectivity index (χ0v) is 17.4. The molecule has 1 aromatic heterocycles. The minimum atomic E-state index is -0.859. The molecule has 0 spiro atoms. The number of carbonyl (C=O) groups excluding carboxylic acids is 1. The lowest BCUT2D eigenvalue weighted by Gasteiger charge is -2.21. The van der Waals surface area contributed by atoms with Crippen molar-refractivity contribution in [1.82, 2.24) is 10.3 Å². The Kier molecular flexibility index (Phi) is 7.45. The standard InChI is InChI=1S/C22H25N3O6/c1-15(2)24-12-18(14-29-21-5-3-4-20-19(21)10-11-23-20)31-22(26)17-8-6-16(7-9-17)13-30-25(27)28/h3-11,15,18,23-24H,12-14H2,1-2H3. The summed E-state index contributed by atoms with van der Waals surface area (Å²) in [6.07, 6.45) is 1.33. The highest BCUT2D eigenvalue weighted by Gasteiger charge is 2.18. The van der Waals surface area contributed by atoms with Gasteiger partial charge in [0.25, 0.3) is 5.09 Å². The maximum atomic E-state index is 12.6. The van der Waals surface area contributed by atoms with Crippen LogP contribution in [-0.4, -0.2) is 41.3 Å². The first-order valence-electron chi connectivity index (χ1n) is 9.92. The van der Waals surface area contributed by atoms with E-state index >= 15 is 0 Å². The van der Waals surface area contributed by atoms with Crippen LogP contribution in [0.5, 0.6) is 5.75 Å². The summed E-state index contributed by atoms with van der Waals surface area (Å²) in [5, 5.41) is 13.6. The molecule has 0 saturated carbocycles. The van der Waals surface area contributed by atoms with E-state index in [1.165, 1.54) is 0 Å². The molecular formula is C22H25N3O6. The molecule has 3 aromatic rings. The minimum Gasteiger partial charge on any atom is -0.489 e. The fourth-order valence-corrected chi connectivity index (χ4v) is 2.95. The van der Waals surface area contributed by atoms with Gasteiger partial charge >= 0.3 is 5.97 Å². The van der Waals surface area contributed by atoms with E-state index in [2.05, 4.69) is 15.1 Å². The Morgan fingerprint density at radius 1 is 1.16 bits per heavy atom. The van der Waals surface area contributed by atoms with E-state index in [1.54, 1.807) is 24.3 Å². The van der Waals surface area contributed by atoms with Gasteiger partial charge in [-0.25, -0.2) is 4.79 Å². The van der Waals surface area contributed by atoms with Crippen molar-refractivity contribution in [2.24, 2.45) is 0 Å². The average molecular weight is 427 g/mol. The summed E-state index contributed by atoms with van der Waals surface area (Å²) >= 11 is 0. The van der Waals surface area contributed by atoms with Crippen LogP contribution in [0, 0.1) is 10.1 Å². The maximum absolute atomic E-state index is 12.6. The lowest BCUT2D eigenvalue weighted by atomic mass is 10.1. The molecular weight excluding hydrogens is 402 g/mol. The van der Waals surface area contributed by atoms with Crippen LogP contribution in [0.1, 0.15) is 29.8 Å². The number of hydrogen-bond acceptors (Lipinski definition) is 7. The number of hydrogen-bond donors (Lipinski definition) is 2. The third-order valence-electron chi connectivity index (χ3n) is 4.53. The van der Waals surface area contributed by atoms with Crippen LogP contribution < -0.4 is 10.1 Å². The van der Waals surface area contributed by atoms with Gasteiger partial charge in [-0.15, -0.1) is 10.1 Å². The summed E-state index contributed by atoms with van der Waals surface area (Å²) < 4.78 is 11.6. The second kappa shape index (κ2) is 10.4. The van der Waals surface area contributed by atoms with E-state index in [4.69, 9.17) is 9.47 Å². The van der Waals surface area contributed by atoms with E-state index in [-0.39, 0.29) is 19.3 Å². The first kappa shape index (κ1) is 22.1. The number of carbonyl (C=O) groups is 1. The van der Waals surface area contributed by atoms with Crippen molar-refractivity contribution in [2.45, 2.75) is 32.6 Å². The van der Waals surface area contributed by atoms with Crippen molar-refractivity contribution < 1.29 is 24.2 Å². The Bertz CT molecular complexity index is 1020. The molecule has 9 heteroatoms. The monoisotopic (exact) mass is 427 g/mol. The predicted octanol–water partition coefficient (Wildman–Crippen LogP) is 3.48. The molecule has 0 bridgehead atoms. The zero-order valence-electron chi connectivity index (χ0n) is 17.4. The molecule has 0 saturated heterocycles. The molecule has 0 amide bonds. The van der Waals surface area contributed by atoms with E-state index in [0.29, 0.717) is 23.4 Å². The molecule has 2 aromatic carbocycles.